The third kappa shape index (κ3) is 6.35. The number of carbonyl (C=O) groups is 1. The van der Waals surface area contributed by atoms with Crippen LogP contribution in [0.4, 0.5) is 13.2 Å². The van der Waals surface area contributed by atoms with Crippen molar-refractivity contribution in [2.45, 2.75) is 32.8 Å². The number of benzene rings is 1. The van der Waals surface area contributed by atoms with Crippen LogP contribution in [-0.2, 0) is 29.2 Å². The smallest absolute Gasteiger partial charge is 0.367 e. The fraction of sp³-hybridized carbons (Fsp3) is 0.375. The first kappa shape index (κ1) is 19.2. The van der Waals surface area contributed by atoms with Crippen LogP contribution in [0.5, 0.6) is 0 Å². The molecular weight excluding hydrogens is 357 g/mol. The molecule has 0 unspecified atom stereocenters. The second kappa shape index (κ2) is 8.30. The Morgan fingerprint density at radius 2 is 1.88 bits per heavy atom. The standard InChI is InChI=1S/C16H17F3N2O3S/c1-11-9-25-15(23)21(11)7-14(22)20-6-12-2-4-13(5-3-12)8-24-10-16(17,18)19/h2-5,9H,6-8,10H2,1H3,(H,20,22). The van der Waals surface area contributed by atoms with Gasteiger partial charge in [0, 0.05) is 17.6 Å². The Hall–Kier alpha value is -2.13. The van der Waals surface area contributed by atoms with Crippen LogP contribution < -0.4 is 10.2 Å². The lowest BCUT2D eigenvalue weighted by Gasteiger charge is -2.09. The summed E-state index contributed by atoms with van der Waals surface area (Å²) in [7, 11) is 0. The van der Waals surface area contributed by atoms with E-state index in [0.29, 0.717) is 5.56 Å². The normalized spacial score (nSPS) is 11.5. The van der Waals surface area contributed by atoms with Crippen LogP contribution >= 0.6 is 11.3 Å². The van der Waals surface area contributed by atoms with Crippen LogP contribution in [0.2, 0.25) is 0 Å². The van der Waals surface area contributed by atoms with Gasteiger partial charge >= 0.3 is 11.0 Å². The highest BCUT2D eigenvalue weighted by Crippen LogP contribution is 2.15. The maximum absolute atomic E-state index is 12.0. The minimum atomic E-state index is -4.34. The minimum Gasteiger partial charge on any atom is -0.367 e. The Kier molecular flexibility index (Phi) is 6.38. The third-order valence-corrected chi connectivity index (χ3v) is 4.21. The molecule has 0 radical (unpaired) electrons. The average Bonchev–Trinajstić information content (AvgIpc) is 2.85. The number of nitrogens with zero attached hydrogens (tertiary/aromatic N) is 1. The molecule has 0 aliphatic heterocycles. The molecule has 0 spiro atoms. The predicted octanol–water partition coefficient (Wildman–Crippen LogP) is 2.61. The van der Waals surface area contributed by atoms with Crippen LogP contribution in [0.3, 0.4) is 0 Å². The van der Waals surface area contributed by atoms with E-state index in [1.165, 1.54) is 4.57 Å². The number of aryl methyl sites for hydroxylation is 1. The molecule has 1 aromatic carbocycles. The summed E-state index contributed by atoms with van der Waals surface area (Å²) in [5.41, 5.74) is 2.13. The van der Waals surface area contributed by atoms with Gasteiger partial charge in [0.05, 0.1) is 6.61 Å². The summed E-state index contributed by atoms with van der Waals surface area (Å²) in [4.78, 5) is 23.3. The van der Waals surface area contributed by atoms with Crippen LogP contribution in [0.1, 0.15) is 16.8 Å². The first-order chi connectivity index (χ1) is 11.7. The lowest BCUT2D eigenvalue weighted by Crippen LogP contribution is -2.30. The van der Waals surface area contributed by atoms with Crippen molar-refractivity contribution in [3.63, 3.8) is 0 Å². The van der Waals surface area contributed by atoms with Crippen molar-refractivity contribution in [1.82, 2.24) is 9.88 Å². The van der Waals surface area contributed by atoms with E-state index in [9.17, 15) is 22.8 Å². The van der Waals surface area contributed by atoms with Gasteiger partial charge in [0.1, 0.15) is 13.2 Å². The third-order valence-electron chi connectivity index (χ3n) is 3.33. The van der Waals surface area contributed by atoms with E-state index in [4.69, 9.17) is 0 Å². The molecular formula is C16H17F3N2O3S. The molecule has 0 saturated carbocycles. The van der Waals surface area contributed by atoms with Gasteiger partial charge < -0.3 is 10.1 Å². The fourth-order valence-electron chi connectivity index (χ4n) is 2.03. The summed E-state index contributed by atoms with van der Waals surface area (Å²) in [5.74, 6) is -0.291. The Labute approximate surface area is 146 Å². The molecule has 0 bridgehead atoms. The van der Waals surface area contributed by atoms with Gasteiger partial charge in [0.2, 0.25) is 5.91 Å². The monoisotopic (exact) mass is 374 g/mol. The predicted molar refractivity (Wildman–Crippen MR) is 87.3 cm³/mol. The number of hydrogen-bond acceptors (Lipinski definition) is 4. The summed E-state index contributed by atoms with van der Waals surface area (Å²) in [6, 6.07) is 6.69. The molecule has 0 aliphatic rings. The van der Waals surface area contributed by atoms with Crippen molar-refractivity contribution in [1.29, 1.82) is 0 Å². The lowest BCUT2D eigenvalue weighted by atomic mass is 10.1. The SMILES string of the molecule is Cc1csc(=O)n1CC(=O)NCc1ccc(COCC(F)(F)F)cc1. The van der Waals surface area contributed by atoms with Gasteiger partial charge in [0.25, 0.3) is 0 Å². The molecule has 1 heterocycles. The van der Waals surface area contributed by atoms with Crippen molar-refractivity contribution in [3.8, 4) is 0 Å². The molecule has 0 atom stereocenters. The Bertz CT molecular complexity index is 766. The zero-order valence-corrected chi connectivity index (χ0v) is 14.2. The Balaban J connectivity index is 1.79. The van der Waals surface area contributed by atoms with Gasteiger partial charge in [-0.2, -0.15) is 13.2 Å². The number of alkyl halides is 3. The van der Waals surface area contributed by atoms with Gasteiger partial charge in [-0.05, 0) is 18.1 Å². The maximum Gasteiger partial charge on any atom is 0.411 e. The van der Waals surface area contributed by atoms with Crippen LogP contribution in [-0.4, -0.2) is 23.3 Å². The number of ether oxygens (including phenoxy) is 1. The topological polar surface area (TPSA) is 60.3 Å². The molecule has 0 fully saturated rings. The molecule has 0 aliphatic carbocycles. The summed E-state index contributed by atoms with van der Waals surface area (Å²) in [6.07, 6.45) is -4.34. The summed E-state index contributed by atoms with van der Waals surface area (Å²) in [6.45, 7) is 0.557. The first-order valence-electron chi connectivity index (χ1n) is 7.38. The number of halogens is 3. The largest absolute Gasteiger partial charge is 0.411 e. The Morgan fingerprint density at radius 3 is 2.44 bits per heavy atom. The van der Waals surface area contributed by atoms with E-state index < -0.39 is 12.8 Å². The molecule has 1 amide bonds. The van der Waals surface area contributed by atoms with Crippen molar-refractivity contribution in [2.75, 3.05) is 6.61 Å². The molecule has 136 valence electrons. The average molecular weight is 374 g/mol. The summed E-state index contributed by atoms with van der Waals surface area (Å²) in [5, 5.41) is 4.39. The summed E-state index contributed by atoms with van der Waals surface area (Å²) < 4.78 is 42.0. The number of hydrogen-bond donors (Lipinski definition) is 1. The van der Waals surface area contributed by atoms with E-state index in [1.54, 1.807) is 36.6 Å². The van der Waals surface area contributed by atoms with Gasteiger partial charge in [-0.1, -0.05) is 35.6 Å². The van der Waals surface area contributed by atoms with E-state index in [0.717, 1.165) is 22.6 Å². The molecule has 5 nitrogen and oxygen atoms in total. The number of amides is 1. The summed E-state index contributed by atoms with van der Waals surface area (Å²) >= 11 is 1.04. The van der Waals surface area contributed by atoms with E-state index in [-0.39, 0.29) is 30.5 Å². The minimum absolute atomic E-state index is 0.0441. The highest BCUT2D eigenvalue weighted by atomic mass is 32.1. The van der Waals surface area contributed by atoms with Crippen molar-refractivity contribution in [3.05, 3.63) is 56.1 Å². The van der Waals surface area contributed by atoms with Crippen molar-refractivity contribution >= 4 is 17.2 Å². The Morgan fingerprint density at radius 1 is 1.24 bits per heavy atom. The van der Waals surface area contributed by atoms with Crippen LogP contribution in [0.15, 0.2) is 34.4 Å². The van der Waals surface area contributed by atoms with Gasteiger partial charge in [-0.25, -0.2) is 0 Å². The number of rotatable bonds is 7. The number of thiazole rings is 1. The van der Waals surface area contributed by atoms with Gasteiger partial charge in [-0.15, -0.1) is 0 Å². The van der Waals surface area contributed by atoms with E-state index in [2.05, 4.69) is 10.1 Å². The maximum atomic E-state index is 12.0. The number of aromatic nitrogens is 1. The fourth-order valence-corrected chi connectivity index (χ4v) is 2.77. The van der Waals surface area contributed by atoms with Crippen molar-refractivity contribution in [2.24, 2.45) is 0 Å². The molecule has 25 heavy (non-hydrogen) atoms. The second-order valence-electron chi connectivity index (χ2n) is 5.43. The zero-order chi connectivity index (χ0) is 18.4. The van der Waals surface area contributed by atoms with E-state index >= 15 is 0 Å². The van der Waals surface area contributed by atoms with Crippen molar-refractivity contribution < 1.29 is 22.7 Å². The number of carbonyl (C=O) groups excluding carboxylic acids is 1. The van der Waals surface area contributed by atoms with Crippen LogP contribution in [0, 0.1) is 6.92 Å². The molecule has 9 heteroatoms. The number of nitrogens with one attached hydrogen (secondary N) is 1. The highest BCUT2D eigenvalue weighted by molar-refractivity contribution is 7.07. The zero-order valence-electron chi connectivity index (χ0n) is 13.4. The first-order valence-corrected chi connectivity index (χ1v) is 8.26. The quantitative estimate of drug-likeness (QED) is 0.811. The second-order valence-corrected chi connectivity index (χ2v) is 6.25. The molecule has 2 aromatic rings. The van der Waals surface area contributed by atoms with E-state index in [1.807, 2.05) is 0 Å². The molecule has 0 saturated heterocycles. The highest BCUT2D eigenvalue weighted by Gasteiger charge is 2.27. The lowest BCUT2D eigenvalue weighted by molar-refractivity contribution is -0.176. The van der Waals surface area contributed by atoms with Gasteiger partial charge in [-0.3, -0.25) is 14.2 Å². The molecule has 1 N–H and O–H groups in total. The molecule has 2 rings (SSSR count). The molecule has 1 aromatic heterocycles. The van der Waals surface area contributed by atoms with Crippen LogP contribution in [0.25, 0.3) is 0 Å². The van der Waals surface area contributed by atoms with Gasteiger partial charge in [0.15, 0.2) is 0 Å².